The number of aromatic nitrogens is 2. The fourth-order valence-corrected chi connectivity index (χ4v) is 3.96. The number of likely N-dealkylation sites (tertiary alicyclic amines) is 1. The number of alkyl halides is 9. The van der Waals surface area contributed by atoms with E-state index >= 15 is 0 Å². The van der Waals surface area contributed by atoms with E-state index in [4.69, 9.17) is 39.2 Å². The number of carboxylic acid groups (broad SMARTS) is 3. The van der Waals surface area contributed by atoms with Gasteiger partial charge in [0.15, 0.2) is 0 Å². The second-order valence-corrected chi connectivity index (χ2v) is 9.54. The van der Waals surface area contributed by atoms with Gasteiger partial charge in [-0.15, -0.1) is 0 Å². The van der Waals surface area contributed by atoms with Crippen molar-refractivity contribution in [2.24, 2.45) is 0 Å². The molecule has 1 spiro atoms. The molecule has 2 saturated heterocycles. The molecule has 2 aromatic rings. The maximum Gasteiger partial charge on any atom is 0.490 e. The molecular weight excluding hydrogens is 653 g/mol. The molecule has 2 fully saturated rings. The van der Waals surface area contributed by atoms with Crippen LogP contribution in [0.15, 0.2) is 48.9 Å². The van der Waals surface area contributed by atoms with Crippen LogP contribution in [0.1, 0.15) is 30.5 Å². The van der Waals surface area contributed by atoms with E-state index in [-0.39, 0.29) is 11.7 Å². The van der Waals surface area contributed by atoms with E-state index in [1.54, 1.807) is 0 Å². The SMILES string of the molecule is O=C(O)C(F)(F)F.O=C(O)C(F)(F)F.O=C(O)C(F)(F)F.c1ccc(CO[C@@H]2CO[C@@]3(CCCN(Cc4cccnc4)C3)C2)nc1. The summed E-state index contributed by atoms with van der Waals surface area (Å²) in [5.74, 6) is -8.27. The van der Waals surface area contributed by atoms with Gasteiger partial charge in [0, 0.05) is 38.1 Å². The number of hydrogen-bond donors (Lipinski definition) is 3. The molecule has 4 rings (SSSR count). The lowest BCUT2D eigenvalue weighted by atomic mass is 9.89. The normalized spacial score (nSPS) is 19.8. The minimum atomic E-state index is -5.08. The number of carbonyl (C=O) groups is 3. The summed E-state index contributed by atoms with van der Waals surface area (Å²) in [6.07, 6.45) is -6.22. The monoisotopic (exact) mass is 681 g/mol. The predicted octanol–water partition coefficient (Wildman–Crippen LogP) is 4.72. The topological polar surface area (TPSA) is 159 Å². The lowest BCUT2D eigenvalue weighted by molar-refractivity contribution is -0.193. The van der Waals surface area contributed by atoms with Crippen molar-refractivity contribution in [1.29, 1.82) is 0 Å². The molecule has 0 aliphatic carbocycles. The summed E-state index contributed by atoms with van der Waals surface area (Å²) in [5, 5.41) is 21.4. The van der Waals surface area contributed by atoms with Crippen LogP contribution in [-0.2, 0) is 37.0 Å². The number of nitrogens with zero attached hydrogens (tertiary/aromatic N) is 3. The van der Waals surface area contributed by atoms with Gasteiger partial charge in [0.1, 0.15) is 0 Å². The predicted molar refractivity (Wildman–Crippen MR) is 136 cm³/mol. The van der Waals surface area contributed by atoms with Crippen molar-refractivity contribution in [3.05, 3.63) is 60.2 Å². The molecule has 2 aromatic heterocycles. The van der Waals surface area contributed by atoms with Crippen LogP contribution in [0, 0.1) is 0 Å². The van der Waals surface area contributed by atoms with Crippen molar-refractivity contribution in [3.63, 3.8) is 0 Å². The van der Waals surface area contributed by atoms with Gasteiger partial charge in [-0.1, -0.05) is 12.1 Å². The van der Waals surface area contributed by atoms with Crippen LogP contribution in [0.4, 0.5) is 39.5 Å². The van der Waals surface area contributed by atoms with Gasteiger partial charge in [-0.3, -0.25) is 14.9 Å². The highest BCUT2D eigenvalue weighted by atomic mass is 19.4. The van der Waals surface area contributed by atoms with E-state index in [2.05, 4.69) is 20.9 Å². The summed E-state index contributed by atoms with van der Waals surface area (Å²) in [4.78, 5) is 37.7. The Labute approximate surface area is 254 Å². The fourth-order valence-electron chi connectivity index (χ4n) is 3.96. The Morgan fingerprint density at radius 2 is 1.46 bits per heavy atom. The Morgan fingerprint density at radius 3 is 1.91 bits per heavy atom. The average Bonchev–Trinajstić information content (AvgIpc) is 3.34. The lowest BCUT2D eigenvalue weighted by Crippen LogP contribution is -2.47. The number of aliphatic carboxylic acids is 3. The van der Waals surface area contributed by atoms with Crippen molar-refractivity contribution >= 4 is 17.9 Å². The molecule has 46 heavy (non-hydrogen) atoms. The number of halogens is 9. The van der Waals surface area contributed by atoms with Crippen molar-refractivity contribution in [2.45, 2.75) is 62.6 Å². The van der Waals surface area contributed by atoms with E-state index in [0.29, 0.717) is 13.2 Å². The first-order valence-corrected chi connectivity index (χ1v) is 12.8. The molecule has 11 nitrogen and oxygen atoms in total. The van der Waals surface area contributed by atoms with Crippen LogP contribution >= 0.6 is 0 Å². The van der Waals surface area contributed by atoms with Crippen molar-refractivity contribution < 1.29 is 78.7 Å². The summed E-state index contributed by atoms with van der Waals surface area (Å²) in [6, 6.07) is 10.1. The van der Waals surface area contributed by atoms with Gasteiger partial charge in [0.2, 0.25) is 0 Å². The third kappa shape index (κ3) is 15.8. The van der Waals surface area contributed by atoms with Gasteiger partial charge in [-0.2, -0.15) is 39.5 Å². The minimum absolute atomic E-state index is 0.0464. The Kier molecular flexibility index (Phi) is 15.3. The number of pyridine rings is 2. The van der Waals surface area contributed by atoms with E-state index in [0.717, 1.165) is 38.2 Å². The third-order valence-electron chi connectivity index (χ3n) is 5.84. The summed E-state index contributed by atoms with van der Waals surface area (Å²) < 4.78 is 108. The molecule has 0 unspecified atom stereocenters. The van der Waals surface area contributed by atoms with Crippen LogP contribution in [0.3, 0.4) is 0 Å². The lowest BCUT2D eigenvalue weighted by Gasteiger charge is -2.39. The van der Waals surface area contributed by atoms with Crippen molar-refractivity contribution in [1.82, 2.24) is 14.9 Å². The van der Waals surface area contributed by atoms with Crippen molar-refractivity contribution in [3.8, 4) is 0 Å². The zero-order valence-corrected chi connectivity index (χ0v) is 23.5. The molecule has 2 atom stereocenters. The number of ether oxygens (including phenoxy) is 2. The number of carboxylic acids is 3. The molecule has 0 bridgehead atoms. The van der Waals surface area contributed by atoms with E-state index in [1.807, 2.05) is 42.9 Å². The first-order chi connectivity index (χ1) is 21.1. The third-order valence-corrected chi connectivity index (χ3v) is 5.84. The Hall–Kier alpha value is -4.04. The first-order valence-electron chi connectivity index (χ1n) is 12.8. The molecule has 0 aromatic carbocycles. The summed E-state index contributed by atoms with van der Waals surface area (Å²) in [7, 11) is 0. The zero-order valence-electron chi connectivity index (χ0n) is 23.5. The number of hydrogen-bond acceptors (Lipinski definition) is 8. The number of piperidine rings is 1. The van der Waals surface area contributed by atoms with Gasteiger partial charge < -0.3 is 24.8 Å². The second kappa shape index (κ2) is 17.6. The molecule has 2 aliphatic heterocycles. The Morgan fingerprint density at radius 1 is 0.891 bits per heavy atom. The van der Waals surface area contributed by atoms with Crippen LogP contribution in [0.5, 0.6) is 0 Å². The maximum atomic E-state index is 10.6. The highest BCUT2D eigenvalue weighted by molar-refractivity contribution is 5.73. The van der Waals surface area contributed by atoms with Crippen LogP contribution in [0.2, 0.25) is 0 Å². The van der Waals surface area contributed by atoms with Crippen molar-refractivity contribution in [2.75, 3.05) is 19.7 Å². The molecule has 3 N–H and O–H groups in total. The highest BCUT2D eigenvalue weighted by Crippen LogP contribution is 2.36. The molecule has 20 heteroatoms. The molecular formula is C26H28F9N3O8. The van der Waals surface area contributed by atoms with Gasteiger partial charge in [0.25, 0.3) is 0 Å². The van der Waals surface area contributed by atoms with E-state index < -0.39 is 36.4 Å². The molecule has 4 heterocycles. The summed E-state index contributed by atoms with van der Waals surface area (Å²) in [5.41, 5.74) is 2.20. The van der Waals surface area contributed by atoms with E-state index in [1.165, 1.54) is 12.0 Å². The quantitative estimate of drug-likeness (QED) is 0.375. The Balaban J connectivity index is 0.000000413. The van der Waals surface area contributed by atoms with Crippen LogP contribution in [-0.4, -0.2) is 98.0 Å². The average molecular weight is 682 g/mol. The largest absolute Gasteiger partial charge is 0.490 e. The standard InChI is InChI=1S/C20H25N3O2.3C2HF3O2/c1-2-9-22-18(6-1)14-24-19-11-20(25-15-19)7-4-10-23(16-20)13-17-5-3-8-21-12-17;3*3-2(4,5)1(6)7/h1-3,5-6,8-9,12,19H,4,7,10-11,13-16H2;3*(H,6,7)/t19-,20-;;;/m0.../s1. The summed E-state index contributed by atoms with van der Waals surface area (Å²) in [6.45, 7) is 4.29. The van der Waals surface area contributed by atoms with Gasteiger partial charge in [-0.05, 0) is 43.1 Å². The fraction of sp³-hybridized carbons (Fsp3) is 0.500. The van der Waals surface area contributed by atoms with Gasteiger partial charge >= 0.3 is 36.4 Å². The molecule has 0 amide bonds. The zero-order chi connectivity index (χ0) is 35.2. The van der Waals surface area contributed by atoms with Crippen LogP contribution < -0.4 is 0 Å². The number of rotatable bonds is 5. The maximum absolute atomic E-state index is 10.6. The first kappa shape index (κ1) is 40.0. The van der Waals surface area contributed by atoms with E-state index in [9.17, 15) is 39.5 Å². The highest BCUT2D eigenvalue weighted by Gasteiger charge is 2.44. The molecule has 2 aliphatic rings. The van der Waals surface area contributed by atoms with Crippen LogP contribution in [0.25, 0.3) is 0 Å². The smallest absolute Gasteiger partial charge is 0.475 e. The van der Waals surface area contributed by atoms with Gasteiger partial charge in [-0.25, -0.2) is 14.4 Å². The Bertz CT molecular complexity index is 1180. The minimum Gasteiger partial charge on any atom is -0.475 e. The molecule has 0 saturated carbocycles. The summed E-state index contributed by atoms with van der Waals surface area (Å²) >= 11 is 0. The van der Waals surface area contributed by atoms with Gasteiger partial charge in [0.05, 0.1) is 30.6 Å². The molecule has 0 radical (unpaired) electrons. The second-order valence-electron chi connectivity index (χ2n) is 9.54. The molecule has 258 valence electrons.